The Morgan fingerprint density at radius 2 is 1.97 bits per heavy atom. The molecular formula is C24H30N2O4. The molecule has 6 heteroatoms. The van der Waals surface area contributed by atoms with Crippen LogP contribution >= 0.6 is 0 Å². The molecule has 1 saturated heterocycles. The van der Waals surface area contributed by atoms with Crippen molar-refractivity contribution in [3.8, 4) is 5.75 Å². The number of hydrogen-bond donors (Lipinski definition) is 1. The van der Waals surface area contributed by atoms with Crippen molar-refractivity contribution in [1.82, 2.24) is 4.90 Å². The van der Waals surface area contributed by atoms with Crippen LogP contribution in [-0.4, -0.2) is 43.0 Å². The number of ether oxygens (including phenoxy) is 2. The van der Waals surface area contributed by atoms with Crippen molar-refractivity contribution in [1.29, 1.82) is 0 Å². The Bertz CT molecular complexity index is 825. The highest BCUT2D eigenvalue weighted by atomic mass is 16.5. The number of amides is 2. The van der Waals surface area contributed by atoms with E-state index in [0.717, 1.165) is 29.8 Å². The van der Waals surface area contributed by atoms with Crippen molar-refractivity contribution >= 4 is 17.5 Å². The van der Waals surface area contributed by atoms with E-state index in [1.54, 1.807) is 4.90 Å². The van der Waals surface area contributed by atoms with E-state index in [2.05, 4.69) is 5.32 Å². The van der Waals surface area contributed by atoms with Crippen molar-refractivity contribution in [3.63, 3.8) is 0 Å². The Morgan fingerprint density at radius 3 is 2.77 bits per heavy atom. The first-order chi connectivity index (χ1) is 14.7. The monoisotopic (exact) mass is 410 g/mol. The normalized spacial score (nSPS) is 16.2. The number of carbonyl (C=O) groups is 2. The second-order valence-corrected chi connectivity index (χ2v) is 7.42. The van der Waals surface area contributed by atoms with Gasteiger partial charge in [-0.15, -0.1) is 0 Å². The van der Waals surface area contributed by atoms with Crippen LogP contribution in [0.3, 0.4) is 0 Å². The predicted molar refractivity (Wildman–Crippen MR) is 116 cm³/mol. The van der Waals surface area contributed by atoms with Gasteiger partial charge >= 0.3 is 0 Å². The molecule has 0 aromatic heterocycles. The molecule has 1 atom stereocenters. The third kappa shape index (κ3) is 6.59. The molecule has 6 nitrogen and oxygen atoms in total. The molecule has 1 unspecified atom stereocenters. The summed E-state index contributed by atoms with van der Waals surface area (Å²) in [6.07, 6.45) is 1.92. The van der Waals surface area contributed by atoms with E-state index in [1.165, 1.54) is 0 Å². The quantitative estimate of drug-likeness (QED) is 0.681. The van der Waals surface area contributed by atoms with Crippen LogP contribution in [-0.2, 0) is 20.9 Å². The molecule has 160 valence electrons. The van der Waals surface area contributed by atoms with Gasteiger partial charge in [0.05, 0.1) is 25.6 Å². The van der Waals surface area contributed by atoms with Crippen LogP contribution < -0.4 is 10.1 Å². The molecular weight excluding hydrogens is 380 g/mol. The molecule has 2 aromatic carbocycles. The lowest BCUT2D eigenvalue weighted by Gasteiger charge is -2.32. The summed E-state index contributed by atoms with van der Waals surface area (Å²) in [6.45, 7) is 4.61. The van der Waals surface area contributed by atoms with Crippen LogP contribution in [0.15, 0.2) is 54.6 Å². The molecule has 1 N–H and O–H groups in total. The van der Waals surface area contributed by atoms with E-state index in [9.17, 15) is 9.59 Å². The number of likely N-dealkylation sites (tertiary alicyclic amines) is 1. The maximum absolute atomic E-state index is 12.8. The number of piperidine rings is 1. The highest BCUT2D eigenvalue weighted by Gasteiger charge is 2.28. The first-order valence-electron chi connectivity index (χ1n) is 10.6. The summed E-state index contributed by atoms with van der Waals surface area (Å²) in [5.74, 6) is 0.546. The summed E-state index contributed by atoms with van der Waals surface area (Å²) in [5.41, 5.74) is 1.78. The fourth-order valence-electron chi connectivity index (χ4n) is 3.55. The van der Waals surface area contributed by atoms with Crippen molar-refractivity contribution in [2.75, 3.05) is 31.6 Å². The third-order valence-electron chi connectivity index (χ3n) is 5.14. The molecule has 1 aliphatic rings. The van der Waals surface area contributed by atoms with Crippen molar-refractivity contribution in [2.45, 2.75) is 32.8 Å². The molecule has 1 heterocycles. The predicted octanol–water partition coefficient (Wildman–Crippen LogP) is 3.87. The van der Waals surface area contributed by atoms with Gasteiger partial charge in [0.15, 0.2) is 0 Å². The zero-order valence-electron chi connectivity index (χ0n) is 17.5. The first kappa shape index (κ1) is 21.8. The van der Waals surface area contributed by atoms with Gasteiger partial charge in [0.2, 0.25) is 11.8 Å². The molecule has 0 bridgehead atoms. The van der Waals surface area contributed by atoms with Gasteiger partial charge in [-0.2, -0.15) is 0 Å². The van der Waals surface area contributed by atoms with Gasteiger partial charge in [0.25, 0.3) is 0 Å². The summed E-state index contributed by atoms with van der Waals surface area (Å²) < 4.78 is 11.1. The Labute approximate surface area is 178 Å². The summed E-state index contributed by atoms with van der Waals surface area (Å²) in [6, 6.07) is 17.2. The second-order valence-electron chi connectivity index (χ2n) is 7.42. The number of benzene rings is 2. The molecule has 2 amide bonds. The average Bonchev–Trinajstić information content (AvgIpc) is 2.78. The second kappa shape index (κ2) is 11.4. The van der Waals surface area contributed by atoms with Gasteiger partial charge < -0.3 is 19.7 Å². The lowest BCUT2D eigenvalue weighted by atomic mass is 9.96. The lowest BCUT2D eigenvalue weighted by molar-refractivity contribution is -0.135. The third-order valence-corrected chi connectivity index (χ3v) is 5.14. The highest BCUT2D eigenvalue weighted by molar-refractivity contribution is 5.93. The molecule has 2 aromatic rings. The number of nitrogens with zero attached hydrogens (tertiary/aromatic N) is 1. The molecule has 0 radical (unpaired) electrons. The smallest absolute Gasteiger partial charge is 0.229 e. The zero-order chi connectivity index (χ0) is 21.2. The SMILES string of the molecule is CCOCc1cccc(NC(=O)C2CCCN(C(=O)CCOc3ccccc3)C2)c1. The van der Waals surface area contributed by atoms with Crippen molar-refractivity contribution in [2.24, 2.45) is 5.92 Å². The fourth-order valence-corrected chi connectivity index (χ4v) is 3.55. The van der Waals surface area contributed by atoms with E-state index in [-0.39, 0.29) is 17.7 Å². The van der Waals surface area contributed by atoms with E-state index in [1.807, 2.05) is 61.5 Å². The molecule has 0 saturated carbocycles. The Balaban J connectivity index is 1.47. The topological polar surface area (TPSA) is 67.9 Å². The minimum Gasteiger partial charge on any atom is -0.493 e. The van der Waals surface area contributed by atoms with E-state index in [4.69, 9.17) is 9.47 Å². The Morgan fingerprint density at radius 1 is 1.13 bits per heavy atom. The summed E-state index contributed by atoms with van der Waals surface area (Å²) in [7, 11) is 0. The number of hydrogen-bond acceptors (Lipinski definition) is 4. The van der Waals surface area contributed by atoms with E-state index < -0.39 is 0 Å². The summed E-state index contributed by atoms with van der Waals surface area (Å²) in [5, 5.41) is 3.00. The summed E-state index contributed by atoms with van der Waals surface area (Å²) in [4.78, 5) is 27.1. The maximum atomic E-state index is 12.8. The molecule has 0 spiro atoms. The standard InChI is InChI=1S/C24H30N2O4/c1-2-29-18-19-8-6-10-21(16-19)25-24(28)20-9-7-14-26(17-20)23(27)13-15-30-22-11-4-3-5-12-22/h3-6,8,10-12,16,20H,2,7,9,13-15,17-18H2,1H3,(H,25,28). The molecule has 1 aliphatic heterocycles. The Hall–Kier alpha value is -2.86. The molecule has 0 aliphatic carbocycles. The molecule has 3 rings (SSSR count). The van der Waals surface area contributed by atoms with E-state index >= 15 is 0 Å². The van der Waals surface area contributed by atoms with Gasteiger partial charge in [-0.05, 0) is 49.6 Å². The molecule has 1 fully saturated rings. The average molecular weight is 411 g/mol. The van der Waals surface area contributed by atoms with Gasteiger partial charge in [0.1, 0.15) is 5.75 Å². The lowest BCUT2D eigenvalue weighted by Crippen LogP contribution is -2.44. The van der Waals surface area contributed by atoms with E-state index in [0.29, 0.717) is 39.3 Å². The van der Waals surface area contributed by atoms with Crippen LogP contribution in [0.1, 0.15) is 31.7 Å². The van der Waals surface area contributed by atoms with Gasteiger partial charge in [-0.1, -0.05) is 30.3 Å². The van der Waals surface area contributed by atoms with Crippen molar-refractivity contribution < 1.29 is 19.1 Å². The minimum absolute atomic E-state index is 0.0298. The minimum atomic E-state index is -0.201. The number of rotatable bonds is 9. The van der Waals surface area contributed by atoms with Crippen LogP contribution in [0, 0.1) is 5.92 Å². The van der Waals surface area contributed by atoms with Crippen LogP contribution in [0.25, 0.3) is 0 Å². The van der Waals surface area contributed by atoms with Crippen molar-refractivity contribution in [3.05, 3.63) is 60.2 Å². The number of nitrogens with one attached hydrogen (secondary N) is 1. The number of para-hydroxylation sites is 1. The summed E-state index contributed by atoms with van der Waals surface area (Å²) >= 11 is 0. The van der Waals surface area contributed by atoms with Gasteiger partial charge in [-0.25, -0.2) is 0 Å². The maximum Gasteiger partial charge on any atom is 0.229 e. The highest BCUT2D eigenvalue weighted by Crippen LogP contribution is 2.20. The zero-order valence-corrected chi connectivity index (χ0v) is 17.5. The van der Waals surface area contributed by atoms with Crippen LogP contribution in [0.2, 0.25) is 0 Å². The van der Waals surface area contributed by atoms with Crippen LogP contribution in [0.4, 0.5) is 5.69 Å². The largest absolute Gasteiger partial charge is 0.493 e. The van der Waals surface area contributed by atoms with Crippen LogP contribution in [0.5, 0.6) is 5.75 Å². The van der Waals surface area contributed by atoms with Gasteiger partial charge in [-0.3, -0.25) is 9.59 Å². The molecule has 30 heavy (non-hydrogen) atoms. The van der Waals surface area contributed by atoms with Gasteiger partial charge in [0, 0.05) is 25.4 Å². The fraction of sp³-hybridized carbons (Fsp3) is 0.417. The number of anilines is 1. The Kier molecular flexibility index (Phi) is 8.27. The number of carbonyl (C=O) groups excluding carboxylic acids is 2. The first-order valence-corrected chi connectivity index (χ1v) is 10.6.